The summed E-state index contributed by atoms with van der Waals surface area (Å²) >= 11 is 0. The fraction of sp³-hybridized carbons (Fsp3) is 0.385. The van der Waals surface area contributed by atoms with Crippen LogP contribution in [0.1, 0.15) is 31.2 Å². The van der Waals surface area contributed by atoms with Crippen molar-refractivity contribution < 1.29 is 5.11 Å². The molecule has 0 saturated heterocycles. The van der Waals surface area contributed by atoms with Crippen LogP contribution in [0.3, 0.4) is 0 Å². The van der Waals surface area contributed by atoms with E-state index < -0.39 is 0 Å². The molecule has 0 amide bonds. The number of phenols is 1. The maximum atomic E-state index is 9.09. The highest BCUT2D eigenvalue weighted by Gasteiger charge is 1.93. The van der Waals surface area contributed by atoms with E-state index in [2.05, 4.69) is 6.58 Å². The normalized spacial score (nSPS) is 10.0. The van der Waals surface area contributed by atoms with E-state index in [-0.39, 0.29) is 0 Å². The van der Waals surface area contributed by atoms with E-state index in [1.165, 1.54) is 24.8 Å². The van der Waals surface area contributed by atoms with E-state index in [1.54, 1.807) is 12.1 Å². The second-order valence-electron chi connectivity index (χ2n) is 3.55. The number of aromatic hydroxyl groups is 1. The molecule has 0 aliphatic rings. The van der Waals surface area contributed by atoms with Crippen molar-refractivity contribution in [1.29, 1.82) is 0 Å². The van der Waals surface area contributed by atoms with Crippen LogP contribution < -0.4 is 0 Å². The standard InChI is InChI=1S/C13H18O/c1-2-3-4-5-6-7-12-8-10-13(14)11-9-12/h2,8-11,14H,1,3-7H2. The topological polar surface area (TPSA) is 20.2 Å². The van der Waals surface area contributed by atoms with Gasteiger partial charge in [-0.3, -0.25) is 0 Å². The van der Waals surface area contributed by atoms with Crippen molar-refractivity contribution in [2.24, 2.45) is 0 Å². The third kappa shape index (κ3) is 4.13. The zero-order valence-electron chi connectivity index (χ0n) is 8.58. The second-order valence-corrected chi connectivity index (χ2v) is 3.55. The minimum atomic E-state index is 0.348. The molecule has 0 spiro atoms. The second kappa shape index (κ2) is 6.25. The van der Waals surface area contributed by atoms with Crippen molar-refractivity contribution in [3.8, 4) is 5.75 Å². The average Bonchev–Trinajstić information content (AvgIpc) is 2.21. The molecule has 0 unspecified atom stereocenters. The van der Waals surface area contributed by atoms with Crippen LogP contribution in [0.15, 0.2) is 36.9 Å². The van der Waals surface area contributed by atoms with Crippen LogP contribution in [0.2, 0.25) is 0 Å². The molecule has 1 rings (SSSR count). The number of rotatable bonds is 6. The first kappa shape index (κ1) is 10.8. The van der Waals surface area contributed by atoms with Crippen molar-refractivity contribution in [2.45, 2.75) is 32.1 Å². The van der Waals surface area contributed by atoms with E-state index >= 15 is 0 Å². The van der Waals surface area contributed by atoms with Gasteiger partial charge in [-0.05, 0) is 43.4 Å². The van der Waals surface area contributed by atoms with Crippen LogP contribution in [-0.2, 0) is 6.42 Å². The van der Waals surface area contributed by atoms with Crippen LogP contribution in [0.5, 0.6) is 5.75 Å². The number of benzene rings is 1. The Morgan fingerprint density at radius 3 is 2.43 bits per heavy atom. The summed E-state index contributed by atoms with van der Waals surface area (Å²) in [6, 6.07) is 7.48. The molecule has 76 valence electrons. The predicted molar refractivity (Wildman–Crippen MR) is 60.5 cm³/mol. The molecule has 1 nitrogen and oxygen atoms in total. The van der Waals surface area contributed by atoms with Gasteiger partial charge in [-0.15, -0.1) is 6.58 Å². The molecule has 1 N–H and O–H groups in total. The number of hydrogen-bond acceptors (Lipinski definition) is 1. The molecule has 0 aliphatic heterocycles. The van der Waals surface area contributed by atoms with Crippen LogP contribution in [-0.4, -0.2) is 5.11 Å². The minimum absolute atomic E-state index is 0.348. The van der Waals surface area contributed by atoms with Gasteiger partial charge < -0.3 is 5.11 Å². The van der Waals surface area contributed by atoms with Crippen LogP contribution in [0, 0.1) is 0 Å². The first-order valence-electron chi connectivity index (χ1n) is 5.22. The van der Waals surface area contributed by atoms with Crippen molar-refractivity contribution in [3.05, 3.63) is 42.5 Å². The highest BCUT2D eigenvalue weighted by atomic mass is 16.3. The zero-order valence-corrected chi connectivity index (χ0v) is 8.58. The van der Waals surface area contributed by atoms with E-state index in [0.29, 0.717) is 5.75 Å². The molecule has 0 atom stereocenters. The summed E-state index contributed by atoms with van der Waals surface area (Å²) in [5.74, 6) is 0.348. The number of phenolic OH excluding ortho intramolecular Hbond substituents is 1. The molecule has 0 saturated carbocycles. The number of unbranched alkanes of at least 4 members (excludes halogenated alkanes) is 3. The molecule has 0 heterocycles. The van der Waals surface area contributed by atoms with E-state index in [9.17, 15) is 0 Å². The minimum Gasteiger partial charge on any atom is -0.508 e. The van der Waals surface area contributed by atoms with Crippen molar-refractivity contribution in [1.82, 2.24) is 0 Å². The summed E-state index contributed by atoms with van der Waals surface area (Å²) in [5.41, 5.74) is 1.31. The lowest BCUT2D eigenvalue weighted by atomic mass is 10.1. The Morgan fingerprint density at radius 2 is 1.79 bits per heavy atom. The SMILES string of the molecule is C=CCCCCCc1ccc(O)cc1. The van der Waals surface area contributed by atoms with Crippen molar-refractivity contribution in [2.75, 3.05) is 0 Å². The maximum Gasteiger partial charge on any atom is 0.115 e. The summed E-state index contributed by atoms with van der Waals surface area (Å²) in [6.07, 6.45) is 7.92. The molecule has 1 aromatic carbocycles. The number of hydrogen-bond donors (Lipinski definition) is 1. The first-order valence-corrected chi connectivity index (χ1v) is 5.22. The fourth-order valence-corrected chi connectivity index (χ4v) is 1.46. The molecule has 1 aromatic rings. The third-order valence-corrected chi connectivity index (χ3v) is 2.31. The van der Waals surface area contributed by atoms with Gasteiger partial charge in [-0.2, -0.15) is 0 Å². The molecule has 0 bridgehead atoms. The van der Waals surface area contributed by atoms with Gasteiger partial charge in [0.25, 0.3) is 0 Å². The Hall–Kier alpha value is -1.24. The van der Waals surface area contributed by atoms with Crippen LogP contribution in [0.25, 0.3) is 0 Å². The van der Waals surface area contributed by atoms with Gasteiger partial charge in [0, 0.05) is 0 Å². The third-order valence-electron chi connectivity index (χ3n) is 2.31. The molecule has 0 aromatic heterocycles. The number of aryl methyl sites for hydroxylation is 1. The van der Waals surface area contributed by atoms with E-state index in [4.69, 9.17) is 5.11 Å². The summed E-state index contributed by atoms with van der Waals surface area (Å²) in [7, 11) is 0. The van der Waals surface area contributed by atoms with E-state index in [1.807, 2.05) is 18.2 Å². The average molecular weight is 190 g/mol. The Labute approximate surface area is 86.1 Å². The predicted octanol–water partition coefficient (Wildman–Crippen LogP) is 3.68. The monoisotopic (exact) mass is 190 g/mol. The van der Waals surface area contributed by atoms with Crippen molar-refractivity contribution in [3.63, 3.8) is 0 Å². The van der Waals surface area contributed by atoms with E-state index in [0.717, 1.165) is 12.8 Å². The molecule has 0 radical (unpaired) electrons. The maximum absolute atomic E-state index is 9.09. The van der Waals surface area contributed by atoms with Gasteiger partial charge in [0.05, 0.1) is 0 Å². The van der Waals surface area contributed by atoms with Gasteiger partial charge in [0.1, 0.15) is 5.75 Å². The Balaban J connectivity index is 2.18. The van der Waals surface area contributed by atoms with Gasteiger partial charge in [0.2, 0.25) is 0 Å². The number of allylic oxidation sites excluding steroid dienone is 1. The lowest BCUT2D eigenvalue weighted by molar-refractivity contribution is 0.475. The molecule has 0 aliphatic carbocycles. The highest BCUT2D eigenvalue weighted by molar-refractivity contribution is 5.25. The largest absolute Gasteiger partial charge is 0.508 e. The Kier molecular flexibility index (Phi) is 4.84. The molecular weight excluding hydrogens is 172 g/mol. The van der Waals surface area contributed by atoms with Crippen LogP contribution >= 0.6 is 0 Å². The first-order chi connectivity index (χ1) is 6.83. The summed E-state index contributed by atoms with van der Waals surface area (Å²) in [5, 5.41) is 9.09. The molecule has 14 heavy (non-hydrogen) atoms. The lowest BCUT2D eigenvalue weighted by Gasteiger charge is -2.00. The molecular formula is C13H18O. The summed E-state index contributed by atoms with van der Waals surface area (Å²) < 4.78 is 0. The van der Waals surface area contributed by atoms with Gasteiger partial charge >= 0.3 is 0 Å². The lowest BCUT2D eigenvalue weighted by Crippen LogP contribution is -1.84. The molecule has 1 heteroatoms. The van der Waals surface area contributed by atoms with Crippen LogP contribution in [0.4, 0.5) is 0 Å². The fourth-order valence-electron chi connectivity index (χ4n) is 1.46. The Bertz CT molecular complexity index is 261. The molecule has 0 fully saturated rings. The quantitative estimate of drug-likeness (QED) is 0.536. The van der Waals surface area contributed by atoms with Gasteiger partial charge in [-0.1, -0.05) is 24.6 Å². The summed E-state index contributed by atoms with van der Waals surface area (Å²) in [4.78, 5) is 0. The van der Waals surface area contributed by atoms with Gasteiger partial charge in [0.15, 0.2) is 0 Å². The van der Waals surface area contributed by atoms with Gasteiger partial charge in [-0.25, -0.2) is 0 Å². The Morgan fingerprint density at radius 1 is 1.07 bits per heavy atom. The smallest absolute Gasteiger partial charge is 0.115 e. The summed E-state index contributed by atoms with van der Waals surface area (Å²) in [6.45, 7) is 3.70. The highest BCUT2D eigenvalue weighted by Crippen LogP contribution is 2.12. The van der Waals surface area contributed by atoms with Crippen molar-refractivity contribution >= 4 is 0 Å². The zero-order chi connectivity index (χ0) is 10.2.